The van der Waals surface area contributed by atoms with Crippen molar-refractivity contribution in [3.63, 3.8) is 0 Å². The molecule has 3 rings (SSSR count). The fourth-order valence-corrected chi connectivity index (χ4v) is 3.53. The molecular formula is C25H25F3N2O. The fraction of sp³-hybridized carbons (Fsp3) is 0.240. The van der Waals surface area contributed by atoms with E-state index in [1.54, 1.807) is 0 Å². The monoisotopic (exact) mass is 426 g/mol. The zero-order valence-electron chi connectivity index (χ0n) is 18.0. The summed E-state index contributed by atoms with van der Waals surface area (Å²) >= 11 is 0. The lowest BCUT2D eigenvalue weighted by Gasteiger charge is -2.23. The minimum Gasteiger partial charge on any atom is -0.376 e. The molecule has 0 fully saturated rings. The highest BCUT2D eigenvalue weighted by molar-refractivity contribution is 6.09. The van der Waals surface area contributed by atoms with Crippen LogP contribution >= 0.6 is 0 Å². The molecule has 0 aromatic heterocycles. The van der Waals surface area contributed by atoms with E-state index < -0.39 is 17.7 Å². The SMILES string of the molecule is C=C1C=C(C(F)(F)F)C(C(=O)Nc2cc(-c3ccc(C)cc3)c(C)cc2N(C)C)=CC1. The van der Waals surface area contributed by atoms with Crippen molar-refractivity contribution in [3.8, 4) is 11.1 Å². The van der Waals surface area contributed by atoms with Crippen LogP contribution in [-0.2, 0) is 4.79 Å². The zero-order chi connectivity index (χ0) is 22.9. The van der Waals surface area contributed by atoms with E-state index in [4.69, 9.17) is 0 Å². The molecule has 31 heavy (non-hydrogen) atoms. The summed E-state index contributed by atoms with van der Waals surface area (Å²) in [6.07, 6.45) is -2.22. The van der Waals surface area contributed by atoms with Gasteiger partial charge in [0.1, 0.15) is 0 Å². The van der Waals surface area contributed by atoms with E-state index in [1.165, 1.54) is 6.08 Å². The maximum absolute atomic E-state index is 13.5. The van der Waals surface area contributed by atoms with Crippen molar-refractivity contribution in [2.45, 2.75) is 26.4 Å². The maximum Gasteiger partial charge on any atom is 0.417 e. The molecule has 0 aliphatic heterocycles. The molecule has 162 valence electrons. The van der Waals surface area contributed by atoms with Gasteiger partial charge in [0, 0.05) is 19.7 Å². The van der Waals surface area contributed by atoms with Crippen LogP contribution in [0.15, 0.2) is 71.8 Å². The molecule has 0 saturated heterocycles. The Labute approximate surface area is 180 Å². The third-order valence-corrected chi connectivity index (χ3v) is 5.19. The predicted molar refractivity (Wildman–Crippen MR) is 120 cm³/mol. The van der Waals surface area contributed by atoms with Gasteiger partial charge in [-0.3, -0.25) is 4.79 Å². The van der Waals surface area contributed by atoms with Crippen molar-refractivity contribution in [2.75, 3.05) is 24.3 Å². The van der Waals surface area contributed by atoms with Gasteiger partial charge in [-0.15, -0.1) is 0 Å². The molecule has 0 radical (unpaired) electrons. The number of carbonyl (C=O) groups is 1. The Hall–Kier alpha value is -3.28. The van der Waals surface area contributed by atoms with Crippen molar-refractivity contribution in [2.24, 2.45) is 0 Å². The minimum atomic E-state index is -4.64. The molecule has 0 unspecified atom stereocenters. The Bertz CT molecular complexity index is 1090. The second-order valence-electron chi connectivity index (χ2n) is 7.93. The summed E-state index contributed by atoms with van der Waals surface area (Å²) in [7, 11) is 3.64. The summed E-state index contributed by atoms with van der Waals surface area (Å²) in [5.41, 5.74) is 4.09. The third kappa shape index (κ3) is 4.90. The largest absolute Gasteiger partial charge is 0.417 e. The van der Waals surface area contributed by atoms with Crippen molar-refractivity contribution >= 4 is 17.3 Å². The number of nitrogens with zero attached hydrogens (tertiary/aromatic N) is 1. The molecule has 0 bridgehead atoms. The number of hydrogen-bond acceptors (Lipinski definition) is 2. The van der Waals surface area contributed by atoms with Crippen molar-refractivity contribution < 1.29 is 18.0 Å². The quantitative estimate of drug-likeness (QED) is 0.618. The molecule has 1 amide bonds. The highest BCUT2D eigenvalue weighted by atomic mass is 19.4. The van der Waals surface area contributed by atoms with E-state index in [1.807, 2.05) is 69.2 Å². The van der Waals surface area contributed by atoms with E-state index in [0.29, 0.717) is 16.9 Å². The second kappa shape index (κ2) is 8.46. The molecule has 1 aliphatic rings. The number of halogens is 3. The average molecular weight is 426 g/mol. The van der Waals surface area contributed by atoms with Crippen molar-refractivity contribution in [1.29, 1.82) is 0 Å². The zero-order valence-corrected chi connectivity index (χ0v) is 18.0. The van der Waals surface area contributed by atoms with Gasteiger partial charge in [-0.1, -0.05) is 48.1 Å². The number of hydrogen-bond donors (Lipinski definition) is 1. The summed E-state index contributed by atoms with van der Waals surface area (Å²) < 4.78 is 40.5. The van der Waals surface area contributed by atoms with Crippen molar-refractivity contribution in [1.82, 2.24) is 0 Å². The fourth-order valence-electron chi connectivity index (χ4n) is 3.53. The van der Waals surface area contributed by atoms with Gasteiger partial charge in [0.2, 0.25) is 0 Å². The molecule has 0 heterocycles. The topological polar surface area (TPSA) is 32.3 Å². The predicted octanol–water partition coefficient (Wildman–Crippen LogP) is 6.35. The molecule has 1 aliphatic carbocycles. The first-order valence-electron chi connectivity index (χ1n) is 9.85. The van der Waals surface area contributed by atoms with Crippen LogP contribution in [0.25, 0.3) is 11.1 Å². The summed E-state index contributed by atoms with van der Waals surface area (Å²) in [5, 5.41) is 2.71. The van der Waals surface area contributed by atoms with Crippen LogP contribution in [0.4, 0.5) is 24.5 Å². The van der Waals surface area contributed by atoms with Gasteiger partial charge >= 0.3 is 6.18 Å². The molecule has 3 nitrogen and oxygen atoms in total. The summed E-state index contributed by atoms with van der Waals surface area (Å²) in [6.45, 7) is 7.56. The van der Waals surface area contributed by atoms with Crippen LogP contribution < -0.4 is 10.2 Å². The Morgan fingerprint density at radius 3 is 2.32 bits per heavy atom. The van der Waals surface area contributed by atoms with E-state index in [0.717, 1.165) is 28.3 Å². The molecular weight excluding hydrogens is 401 g/mol. The van der Waals surface area contributed by atoms with E-state index in [2.05, 4.69) is 11.9 Å². The number of amides is 1. The highest BCUT2D eigenvalue weighted by Crippen LogP contribution is 2.38. The lowest BCUT2D eigenvalue weighted by atomic mass is 9.93. The average Bonchev–Trinajstić information content (AvgIpc) is 2.68. The van der Waals surface area contributed by atoms with Crippen LogP contribution in [-0.4, -0.2) is 26.2 Å². The summed E-state index contributed by atoms with van der Waals surface area (Å²) in [6, 6.07) is 11.7. The summed E-state index contributed by atoms with van der Waals surface area (Å²) in [4.78, 5) is 14.7. The van der Waals surface area contributed by atoms with Gasteiger partial charge in [0.05, 0.1) is 16.9 Å². The Morgan fingerprint density at radius 1 is 1.10 bits per heavy atom. The van der Waals surface area contributed by atoms with Gasteiger partial charge in [0.15, 0.2) is 0 Å². The van der Waals surface area contributed by atoms with Crippen LogP contribution in [0.5, 0.6) is 0 Å². The second-order valence-corrected chi connectivity index (χ2v) is 7.93. The van der Waals surface area contributed by atoms with Gasteiger partial charge in [-0.05, 0) is 55.2 Å². The Kier molecular flexibility index (Phi) is 6.11. The standard InChI is InChI=1S/C25H25F3N2O/c1-15-6-9-18(10-7-15)20-14-22(23(30(4)5)13-17(20)3)29-24(31)19-11-8-16(2)12-21(19)25(26,27)28/h6-7,9-14H,2,8H2,1,3-5H3,(H,29,31). The highest BCUT2D eigenvalue weighted by Gasteiger charge is 2.39. The van der Waals surface area contributed by atoms with Crippen LogP contribution in [0.2, 0.25) is 0 Å². The Balaban J connectivity index is 2.02. The first-order valence-corrected chi connectivity index (χ1v) is 9.85. The number of anilines is 2. The minimum absolute atomic E-state index is 0.200. The molecule has 2 aromatic carbocycles. The van der Waals surface area contributed by atoms with E-state index in [9.17, 15) is 18.0 Å². The number of alkyl halides is 3. The lowest BCUT2D eigenvalue weighted by Crippen LogP contribution is -2.25. The first-order chi connectivity index (χ1) is 14.5. The van der Waals surface area contributed by atoms with Crippen LogP contribution in [0.1, 0.15) is 17.5 Å². The molecule has 0 atom stereocenters. The number of aryl methyl sites for hydroxylation is 2. The van der Waals surface area contributed by atoms with E-state index >= 15 is 0 Å². The van der Waals surface area contributed by atoms with Gasteiger partial charge in [0.25, 0.3) is 5.91 Å². The third-order valence-electron chi connectivity index (χ3n) is 5.19. The molecule has 6 heteroatoms. The number of rotatable bonds is 4. The lowest BCUT2D eigenvalue weighted by molar-refractivity contribution is -0.115. The van der Waals surface area contributed by atoms with Crippen LogP contribution in [0.3, 0.4) is 0 Å². The Morgan fingerprint density at radius 2 is 1.74 bits per heavy atom. The number of nitrogens with one attached hydrogen (secondary N) is 1. The number of benzene rings is 2. The van der Waals surface area contributed by atoms with E-state index in [-0.39, 0.29) is 12.0 Å². The normalized spacial score (nSPS) is 14.1. The van der Waals surface area contributed by atoms with Crippen LogP contribution in [0, 0.1) is 13.8 Å². The van der Waals surface area contributed by atoms with Gasteiger partial charge in [-0.25, -0.2) is 0 Å². The van der Waals surface area contributed by atoms with Gasteiger partial charge < -0.3 is 10.2 Å². The maximum atomic E-state index is 13.5. The molecule has 2 aromatic rings. The van der Waals surface area contributed by atoms with Gasteiger partial charge in [-0.2, -0.15) is 13.2 Å². The first kappa shape index (κ1) is 22.4. The molecule has 1 N–H and O–H groups in total. The number of allylic oxidation sites excluding steroid dienone is 3. The summed E-state index contributed by atoms with van der Waals surface area (Å²) in [5.74, 6) is -0.794. The van der Waals surface area contributed by atoms with Crippen molar-refractivity contribution in [3.05, 3.63) is 83.0 Å². The molecule has 0 spiro atoms. The molecule has 0 saturated carbocycles. The number of carbonyl (C=O) groups excluding carboxylic acids is 1. The smallest absolute Gasteiger partial charge is 0.376 e.